The van der Waals surface area contributed by atoms with Crippen LogP contribution < -0.4 is 11.1 Å². The lowest BCUT2D eigenvalue weighted by molar-refractivity contribution is -0.131. The molecular weight excluding hydrogens is 254 g/mol. The summed E-state index contributed by atoms with van der Waals surface area (Å²) < 4.78 is 0. The van der Waals surface area contributed by atoms with Crippen LogP contribution in [0.1, 0.15) is 52.9 Å². The number of nitrogens with two attached hydrogens (primary N) is 1. The summed E-state index contributed by atoms with van der Waals surface area (Å²) >= 11 is 0. The minimum absolute atomic E-state index is 0.136. The van der Waals surface area contributed by atoms with E-state index in [2.05, 4.69) is 5.32 Å². The van der Waals surface area contributed by atoms with E-state index in [1.807, 2.05) is 25.7 Å². The Labute approximate surface area is 122 Å². The SMILES string of the molecule is CC(C)(C)[C@H](N)C(=O)NCCC(=O)N1CCCCCC1. The zero-order chi connectivity index (χ0) is 15.2. The molecule has 1 aliphatic heterocycles. The molecule has 1 saturated heterocycles. The van der Waals surface area contributed by atoms with E-state index in [9.17, 15) is 9.59 Å². The minimum Gasteiger partial charge on any atom is -0.354 e. The van der Waals surface area contributed by atoms with Gasteiger partial charge < -0.3 is 16.0 Å². The smallest absolute Gasteiger partial charge is 0.237 e. The van der Waals surface area contributed by atoms with E-state index in [-0.39, 0.29) is 17.2 Å². The molecule has 0 aromatic heterocycles. The van der Waals surface area contributed by atoms with E-state index in [0.29, 0.717) is 13.0 Å². The van der Waals surface area contributed by atoms with Crippen molar-refractivity contribution in [3.8, 4) is 0 Å². The lowest BCUT2D eigenvalue weighted by Crippen LogP contribution is -2.49. The summed E-state index contributed by atoms with van der Waals surface area (Å²) in [6, 6.07) is -0.546. The van der Waals surface area contributed by atoms with Crippen LogP contribution in [-0.4, -0.2) is 42.4 Å². The van der Waals surface area contributed by atoms with Gasteiger partial charge in [-0.05, 0) is 18.3 Å². The third-order valence-corrected chi connectivity index (χ3v) is 3.81. The normalized spacial score (nSPS) is 18.3. The van der Waals surface area contributed by atoms with Crippen LogP contribution in [0.3, 0.4) is 0 Å². The summed E-state index contributed by atoms with van der Waals surface area (Å²) in [7, 11) is 0. The number of likely N-dealkylation sites (tertiary alicyclic amines) is 1. The number of hydrogen-bond acceptors (Lipinski definition) is 3. The summed E-state index contributed by atoms with van der Waals surface area (Å²) in [6.45, 7) is 7.87. The third-order valence-electron chi connectivity index (χ3n) is 3.81. The first kappa shape index (κ1) is 17.0. The molecule has 1 heterocycles. The van der Waals surface area contributed by atoms with Gasteiger partial charge in [0.15, 0.2) is 0 Å². The van der Waals surface area contributed by atoms with Gasteiger partial charge in [-0.15, -0.1) is 0 Å². The number of amides is 2. The molecule has 3 N–H and O–H groups in total. The van der Waals surface area contributed by atoms with Crippen molar-refractivity contribution in [2.24, 2.45) is 11.1 Å². The molecule has 1 rings (SSSR count). The van der Waals surface area contributed by atoms with Gasteiger partial charge in [-0.1, -0.05) is 33.6 Å². The number of carbonyl (C=O) groups is 2. The first-order valence-corrected chi connectivity index (χ1v) is 7.63. The van der Waals surface area contributed by atoms with Crippen molar-refractivity contribution in [1.29, 1.82) is 0 Å². The number of carbonyl (C=O) groups excluding carboxylic acids is 2. The fourth-order valence-corrected chi connectivity index (χ4v) is 2.27. The van der Waals surface area contributed by atoms with E-state index < -0.39 is 6.04 Å². The van der Waals surface area contributed by atoms with Gasteiger partial charge in [-0.2, -0.15) is 0 Å². The number of nitrogens with zero attached hydrogens (tertiary/aromatic N) is 1. The summed E-state index contributed by atoms with van der Waals surface area (Å²) in [5.74, 6) is -0.0438. The van der Waals surface area contributed by atoms with Gasteiger partial charge >= 0.3 is 0 Å². The fourth-order valence-electron chi connectivity index (χ4n) is 2.27. The van der Waals surface area contributed by atoms with Gasteiger partial charge in [-0.3, -0.25) is 9.59 Å². The van der Waals surface area contributed by atoms with E-state index in [0.717, 1.165) is 25.9 Å². The van der Waals surface area contributed by atoms with E-state index in [1.165, 1.54) is 12.8 Å². The van der Waals surface area contributed by atoms with E-state index in [4.69, 9.17) is 5.73 Å². The molecule has 2 amide bonds. The van der Waals surface area contributed by atoms with Gasteiger partial charge in [0.2, 0.25) is 11.8 Å². The average molecular weight is 283 g/mol. The molecule has 5 heteroatoms. The van der Waals surface area contributed by atoms with Crippen molar-refractivity contribution >= 4 is 11.8 Å². The Kier molecular flexibility index (Phi) is 6.46. The molecule has 5 nitrogen and oxygen atoms in total. The van der Waals surface area contributed by atoms with Crippen molar-refractivity contribution in [3.63, 3.8) is 0 Å². The monoisotopic (exact) mass is 283 g/mol. The van der Waals surface area contributed by atoms with Gasteiger partial charge in [-0.25, -0.2) is 0 Å². The number of hydrogen-bond donors (Lipinski definition) is 2. The minimum atomic E-state index is -0.546. The lowest BCUT2D eigenvalue weighted by atomic mass is 9.87. The van der Waals surface area contributed by atoms with Crippen LogP contribution in [0.4, 0.5) is 0 Å². The molecule has 0 aliphatic carbocycles. The van der Waals surface area contributed by atoms with Crippen molar-refractivity contribution in [3.05, 3.63) is 0 Å². The molecule has 0 bridgehead atoms. The molecule has 1 atom stereocenters. The first-order valence-electron chi connectivity index (χ1n) is 7.63. The highest BCUT2D eigenvalue weighted by molar-refractivity contribution is 5.83. The summed E-state index contributed by atoms with van der Waals surface area (Å²) in [5, 5.41) is 2.76. The summed E-state index contributed by atoms with van der Waals surface area (Å²) in [4.78, 5) is 25.8. The second-order valence-electron chi connectivity index (χ2n) is 6.68. The largest absolute Gasteiger partial charge is 0.354 e. The predicted octanol–water partition coefficient (Wildman–Crippen LogP) is 1.27. The molecule has 116 valence electrons. The van der Waals surface area contributed by atoms with Crippen molar-refractivity contribution in [2.45, 2.75) is 58.9 Å². The van der Waals surface area contributed by atoms with E-state index >= 15 is 0 Å². The van der Waals surface area contributed by atoms with Crippen LogP contribution in [0, 0.1) is 5.41 Å². The summed E-state index contributed by atoms with van der Waals surface area (Å²) in [5.41, 5.74) is 5.60. The summed E-state index contributed by atoms with van der Waals surface area (Å²) in [6.07, 6.45) is 4.96. The Bertz CT molecular complexity index is 329. The fraction of sp³-hybridized carbons (Fsp3) is 0.867. The Hall–Kier alpha value is -1.10. The number of rotatable bonds is 4. The topological polar surface area (TPSA) is 75.4 Å². The standard InChI is InChI=1S/C15H29N3O2/c1-15(2,3)13(16)14(20)17-9-8-12(19)18-10-6-4-5-7-11-18/h13H,4-11,16H2,1-3H3,(H,17,20)/t13-/m1/s1. The van der Waals surface area contributed by atoms with Crippen molar-refractivity contribution in [2.75, 3.05) is 19.6 Å². The molecule has 0 aromatic rings. The highest BCUT2D eigenvalue weighted by atomic mass is 16.2. The van der Waals surface area contributed by atoms with Gasteiger partial charge in [0.1, 0.15) is 0 Å². The van der Waals surface area contributed by atoms with Crippen LogP contribution in [0.2, 0.25) is 0 Å². The Morgan fingerprint density at radius 1 is 1.15 bits per heavy atom. The van der Waals surface area contributed by atoms with Crippen molar-refractivity contribution < 1.29 is 9.59 Å². The van der Waals surface area contributed by atoms with E-state index in [1.54, 1.807) is 0 Å². The molecule has 1 fully saturated rings. The van der Waals surface area contributed by atoms with Crippen LogP contribution in [0.15, 0.2) is 0 Å². The van der Waals surface area contributed by atoms with Crippen LogP contribution in [0.5, 0.6) is 0 Å². The quantitative estimate of drug-likeness (QED) is 0.816. The molecule has 0 unspecified atom stereocenters. The second-order valence-corrected chi connectivity index (χ2v) is 6.68. The molecule has 0 spiro atoms. The number of nitrogens with one attached hydrogen (secondary N) is 1. The Morgan fingerprint density at radius 3 is 2.20 bits per heavy atom. The molecule has 0 radical (unpaired) electrons. The third kappa shape index (κ3) is 5.49. The maximum absolute atomic E-state index is 12.0. The molecule has 0 aromatic carbocycles. The van der Waals surface area contributed by atoms with Crippen molar-refractivity contribution in [1.82, 2.24) is 10.2 Å². The highest BCUT2D eigenvalue weighted by Crippen LogP contribution is 2.17. The zero-order valence-corrected chi connectivity index (χ0v) is 13.1. The van der Waals surface area contributed by atoms with Gasteiger partial charge in [0.05, 0.1) is 6.04 Å². The van der Waals surface area contributed by atoms with Crippen LogP contribution in [0.25, 0.3) is 0 Å². The molecule has 0 saturated carbocycles. The molecule has 20 heavy (non-hydrogen) atoms. The lowest BCUT2D eigenvalue weighted by Gasteiger charge is -2.26. The average Bonchev–Trinajstić information content (AvgIpc) is 2.65. The molecule has 1 aliphatic rings. The Balaban J connectivity index is 2.29. The predicted molar refractivity (Wildman–Crippen MR) is 80.1 cm³/mol. The van der Waals surface area contributed by atoms with Gasteiger partial charge in [0, 0.05) is 26.1 Å². The first-order chi connectivity index (χ1) is 9.32. The zero-order valence-electron chi connectivity index (χ0n) is 13.1. The highest BCUT2D eigenvalue weighted by Gasteiger charge is 2.27. The Morgan fingerprint density at radius 2 is 1.70 bits per heavy atom. The maximum atomic E-state index is 12.0. The van der Waals surface area contributed by atoms with Crippen LogP contribution in [-0.2, 0) is 9.59 Å². The van der Waals surface area contributed by atoms with Gasteiger partial charge in [0.25, 0.3) is 0 Å². The second kappa shape index (κ2) is 7.62. The van der Waals surface area contributed by atoms with Crippen LogP contribution >= 0.6 is 0 Å². The maximum Gasteiger partial charge on any atom is 0.237 e. The molecular formula is C15H29N3O2.